The predicted octanol–water partition coefficient (Wildman–Crippen LogP) is 3.78. The van der Waals surface area contributed by atoms with Crippen molar-refractivity contribution in [3.8, 4) is 11.1 Å². The van der Waals surface area contributed by atoms with Gasteiger partial charge in [-0.1, -0.05) is 18.2 Å². The maximum absolute atomic E-state index is 12.9. The molecule has 2 rings (SSSR count). The van der Waals surface area contributed by atoms with Gasteiger partial charge in [0.25, 0.3) is 0 Å². The van der Waals surface area contributed by atoms with Crippen LogP contribution in [0.5, 0.6) is 0 Å². The Bertz CT molecular complexity index is 556. The van der Waals surface area contributed by atoms with Crippen molar-refractivity contribution in [2.45, 2.75) is 19.6 Å². The van der Waals surface area contributed by atoms with Crippen molar-refractivity contribution in [1.29, 1.82) is 0 Å². The van der Waals surface area contributed by atoms with Crippen molar-refractivity contribution >= 4 is 5.69 Å². The second kappa shape index (κ2) is 4.40. The van der Waals surface area contributed by atoms with Crippen molar-refractivity contribution in [1.82, 2.24) is 4.57 Å². The second-order valence-corrected chi connectivity index (χ2v) is 4.00. The zero-order chi connectivity index (χ0) is 13.3. The molecule has 18 heavy (non-hydrogen) atoms. The molecule has 0 atom stereocenters. The van der Waals surface area contributed by atoms with Gasteiger partial charge in [0, 0.05) is 24.5 Å². The number of nitrogen functional groups attached to an aromatic ring is 1. The van der Waals surface area contributed by atoms with Crippen LogP contribution < -0.4 is 5.73 Å². The smallest absolute Gasteiger partial charge is 0.397 e. The lowest BCUT2D eigenvalue weighted by molar-refractivity contribution is -0.137. The molecule has 0 saturated heterocycles. The van der Waals surface area contributed by atoms with Crippen LogP contribution in [0.25, 0.3) is 11.1 Å². The zero-order valence-corrected chi connectivity index (χ0v) is 9.83. The summed E-state index contributed by atoms with van der Waals surface area (Å²) in [5.74, 6) is 0. The van der Waals surface area contributed by atoms with Gasteiger partial charge in [0.15, 0.2) is 0 Å². The molecule has 1 aromatic carbocycles. The van der Waals surface area contributed by atoms with E-state index in [1.165, 1.54) is 12.1 Å². The number of benzene rings is 1. The number of nitrogens with two attached hydrogens (primary N) is 1. The fraction of sp³-hybridized carbons (Fsp3) is 0.231. The van der Waals surface area contributed by atoms with Crippen LogP contribution in [0.3, 0.4) is 0 Å². The van der Waals surface area contributed by atoms with Crippen LogP contribution in [0.2, 0.25) is 0 Å². The van der Waals surface area contributed by atoms with Gasteiger partial charge in [0.2, 0.25) is 0 Å². The van der Waals surface area contributed by atoms with Gasteiger partial charge in [-0.25, -0.2) is 0 Å². The van der Waals surface area contributed by atoms with Crippen molar-refractivity contribution < 1.29 is 13.2 Å². The molecule has 0 fully saturated rings. The van der Waals surface area contributed by atoms with E-state index in [0.717, 1.165) is 6.07 Å². The van der Waals surface area contributed by atoms with Gasteiger partial charge < -0.3 is 10.3 Å². The van der Waals surface area contributed by atoms with Crippen molar-refractivity contribution in [3.63, 3.8) is 0 Å². The molecular formula is C13H13F3N2. The molecule has 0 amide bonds. The van der Waals surface area contributed by atoms with E-state index in [9.17, 15) is 13.2 Å². The first-order valence-corrected chi connectivity index (χ1v) is 5.55. The number of hydrogen-bond acceptors (Lipinski definition) is 1. The predicted molar refractivity (Wildman–Crippen MR) is 65.0 cm³/mol. The highest BCUT2D eigenvalue weighted by molar-refractivity contribution is 5.78. The Morgan fingerprint density at radius 2 is 1.78 bits per heavy atom. The highest BCUT2D eigenvalue weighted by Gasteiger charge is 2.33. The summed E-state index contributed by atoms with van der Waals surface area (Å²) < 4.78 is 40.5. The van der Waals surface area contributed by atoms with Crippen LogP contribution in [0.1, 0.15) is 12.5 Å². The van der Waals surface area contributed by atoms with Gasteiger partial charge in [-0.15, -0.1) is 0 Å². The number of nitrogens with zero attached hydrogens (tertiary/aromatic N) is 1. The summed E-state index contributed by atoms with van der Waals surface area (Å²) in [6.07, 6.45) is -1.10. The minimum Gasteiger partial charge on any atom is -0.397 e. The molecule has 0 spiro atoms. The third-order valence-electron chi connectivity index (χ3n) is 2.80. The van der Waals surface area contributed by atoms with E-state index < -0.39 is 11.7 Å². The van der Waals surface area contributed by atoms with Gasteiger partial charge in [-0.2, -0.15) is 13.2 Å². The van der Waals surface area contributed by atoms with Crippen LogP contribution in [-0.2, 0) is 12.7 Å². The average molecular weight is 254 g/mol. The van der Waals surface area contributed by atoms with Crippen molar-refractivity contribution in [2.75, 3.05) is 5.73 Å². The molecule has 0 saturated carbocycles. The van der Waals surface area contributed by atoms with E-state index in [1.807, 2.05) is 6.92 Å². The zero-order valence-electron chi connectivity index (χ0n) is 9.83. The first kappa shape index (κ1) is 12.5. The van der Waals surface area contributed by atoms with E-state index in [-0.39, 0.29) is 5.56 Å². The maximum atomic E-state index is 12.9. The van der Waals surface area contributed by atoms with Gasteiger partial charge in [0.05, 0.1) is 11.3 Å². The summed E-state index contributed by atoms with van der Waals surface area (Å²) >= 11 is 0. The first-order chi connectivity index (χ1) is 8.43. The Morgan fingerprint density at radius 1 is 1.11 bits per heavy atom. The fourth-order valence-corrected chi connectivity index (χ4v) is 1.90. The Labute approximate surface area is 103 Å². The highest BCUT2D eigenvalue weighted by Crippen LogP contribution is 2.39. The van der Waals surface area contributed by atoms with Gasteiger partial charge in [-0.3, -0.25) is 0 Å². The monoisotopic (exact) mass is 254 g/mol. The molecule has 0 aliphatic carbocycles. The molecule has 2 N–H and O–H groups in total. The van der Waals surface area contributed by atoms with Crippen LogP contribution in [0, 0.1) is 0 Å². The van der Waals surface area contributed by atoms with Crippen LogP contribution in [0.15, 0.2) is 36.7 Å². The number of hydrogen-bond donors (Lipinski definition) is 1. The van der Waals surface area contributed by atoms with E-state index in [4.69, 9.17) is 5.73 Å². The molecule has 96 valence electrons. The van der Waals surface area contributed by atoms with E-state index in [0.29, 0.717) is 17.8 Å². The molecule has 5 heteroatoms. The Morgan fingerprint density at radius 3 is 2.33 bits per heavy atom. The van der Waals surface area contributed by atoms with Crippen molar-refractivity contribution in [2.24, 2.45) is 0 Å². The third-order valence-corrected chi connectivity index (χ3v) is 2.80. The largest absolute Gasteiger partial charge is 0.417 e. The average Bonchev–Trinajstić information content (AvgIpc) is 2.69. The molecule has 0 aliphatic rings. The number of alkyl halides is 3. The lowest BCUT2D eigenvalue weighted by Crippen LogP contribution is -2.07. The summed E-state index contributed by atoms with van der Waals surface area (Å²) in [5.41, 5.74) is 6.01. The molecule has 2 aromatic rings. The van der Waals surface area contributed by atoms with Crippen LogP contribution in [-0.4, -0.2) is 4.57 Å². The topological polar surface area (TPSA) is 30.9 Å². The van der Waals surface area contributed by atoms with Crippen LogP contribution >= 0.6 is 0 Å². The van der Waals surface area contributed by atoms with E-state index in [2.05, 4.69) is 0 Å². The Hall–Kier alpha value is -1.91. The lowest BCUT2D eigenvalue weighted by atomic mass is 10.0. The van der Waals surface area contributed by atoms with E-state index >= 15 is 0 Å². The van der Waals surface area contributed by atoms with E-state index in [1.54, 1.807) is 23.0 Å². The number of anilines is 1. The standard InChI is InChI=1S/C13H13F3N2/c1-2-18-7-10(12(17)8-18)9-5-3-4-6-11(9)13(14,15)16/h3-8H,2,17H2,1H3. The minimum absolute atomic E-state index is 0.120. The Balaban J connectivity index is 2.60. The normalized spacial score (nSPS) is 11.8. The SMILES string of the molecule is CCn1cc(N)c(-c2ccccc2C(F)(F)F)c1. The summed E-state index contributed by atoms with van der Waals surface area (Å²) in [5, 5.41) is 0. The summed E-state index contributed by atoms with van der Waals surface area (Å²) in [6, 6.07) is 5.46. The van der Waals surface area contributed by atoms with Gasteiger partial charge in [0.1, 0.15) is 0 Å². The van der Waals surface area contributed by atoms with Gasteiger partial charge in [-0.05, 0) is 18.6 Å². The molecular weight excluding hydrogens is 241 g/mol. The Kier molecular flexibility index (Phi) is 3.07. The molecule has 0 aliphatic heterocycles. The van der Waals surface area contributed by atoms with Crippen LogP contribution in [0.4, 0.5) is 18.9 Å². The molecule has 0 unspecified atom stereocenters. The fourth-order valence-electron chi connectivity index (χ4n) is 1.90. The summed E-state index contributed by atoms with van der Waals surface area (Å²) in [4.78, 5) is 0. The molecule has 1 heterocycles. The number of rotatable bonds is 2. The molecule has 1 aromatic heterocycles. The lowest BCUT2D eigenvalue weighted by Gasteiger charge is -2.12. The van der Waals surface area contributed by atoms with Gasteiger partial charge >= 0.3 is 6.18 Å². The number of aryl methyl sites for hydroxylation is 1. The minimum atomic E-state index is -4.38. The molecule has 0 bridgehead atoms. The third kappa shape index (κ3) is 2.20. The first-order valence-electron chi connectivity index (χ1n) is 5.55. The number of halogens is 3. The maximum Gasteiger partial charge on any atom is 0.417 e. The number of aromatic nitrogens is 1. The molecule has 0 radical (unpaired) electrons. The quantitative estimate of drug-likeness (QED) is 0.868. The van der Waals surface area contributed by atoms with Crippen molar-refractivity contribution in [3.05, 3.63) is 42.2 Å². The molecule has 2 nitrogen and oxygen atoms in total. The second-order valence-electron chi connectivity index (χ2n) is 4.00. The highest BCUT2D eigenvalue weighted by atomic mass is 19.4. The summed E-state index contributed by atoms with van der Waals surface area (Å²) in [7, 11) is 0. The summed E-state index contributed by atoms with van der Waals surface area (Å²) in [6.45, 7) is 2.57.